The third-order valence-electron chi connectivity index (χ3n) is 3.86. The van der Waals surface area contributed by atoms with Crippen molar-refractivity contribution in [2.75, 3.05) is 18.9 Å². The van der Waals surface area contributed by atoms with Crippen LogP contribution in [0.15, 0.2) is 48.5 Å². The molecule has 1 amide bonds. The summed E-state index contributed by atoms with van der Waals surface area (Å²) in [5.74, 6) is -0.234. The van der Waals surface area contributed by atoms with E-state index in [0.717, 1.165) is 17.7 Å². The Morgan fingerprint density at radius 3 is 2.44 bits per heavy atom. The maximum Gasteiger partial charge on any atom is 0.418 e. The van der Waals surface area contributed by atoms with Gasteiger partial charge < -0.3 is 10.2 Å². The van der Waals surface area contributed by atoms with E-state index in [0.29, 0.717) is 12.6 Å². The molecule has 0 fully saturated rings. The molecule has 0 atom stereocenters. The van der Waals surface area contributed by atoms with Crippen molar-refractivity contribution in [3.8, 4) is 0 Å². The lowest BCUT2D eigenvalue weighted by Crippen LogP contribution is -2.28. The van der Waals surface area contributed by atoms with E-state index in [1.165, 1.54) is 4.90 Å². The van der Waals surface area contributed by atoms with Gasteiger partial charge in [-0.2, -0.15) is 13.2 Å². The van der Waals surface area contributed by atoms with Crippen LogP contribution in [0, 0.1) is 10.1 Å². The highest BCUT2D eigenvalue weighted by atomic mass is 19.4. The number of nitrogens with one attached hydrogen (secondary N) is 1. The second kappa shape index (κ2) is 8.52. The van der Waals surface area contributed by atoms with Gasteiger partial charge in [0.2, 0.25) is 5.91 Å². The van der Waals surface area contributed by atoms with Gasteiger partial charge in [0, 0.05) is 44.4 Å². The zero-order chi connectivity index (χ0) is 20.0. The minimum Gasteiger partial charge on any atom is -0.384 e. The molecule has 0 aliphatic heterocycles. The third kappa shape index (κ3) is 5.70. The van der Waals surface area contributed by atoms with Crippen LogP contribution < -0.4 is 5.32 Å². The summed E-state index contributed by atoms with van der Waals surface area (Å²) in [4.78, 5) is 23.4. The number of rotatable bonds is 7. The number of amides is 1. The van der Waals surface area contributed by atoms with E-state index in [2.05, 4.69) is 5.32 Å². The first kappa shape index (κ1) is 20.2. The number of carbonyl (C=O) groups is 1. The Labute approximate surface area is 153 Å². The molecular weight excluding hydrogens is 363 g/mol. The molecule has 6 nitrogen and oxygen atoms in total. The van der Waals surface area contributed by atoms with Crippen molar-refractivity contribution in [3.05, 3.63) is 69.8 Å². The van der Waals surface area contributed by atoms with E-state index in [1.54, 1.807) is 7.05 Å². The largest absolute Gasteiger partial charge is 0.418 e. The standard InChI is InChI=1S/C18H18F3N3O3/c1-23(12-13-5-3-2-4-6-13)17(25)9-10-22-16-8-7-14(24(26)27)11-15(16)18(19,20)21/h2-8,11,22H,9-10,12H2,1H3. The summed E-state index contributed by atoms with van der Waals surface area (Å²) < 4.78 is 39.3. The summed E-state index contributed by atoms with van der Waals surface area (Å²) >= 11 is 0. The van der Waals surface area contributed by atoms with Crippen molar-refractivity contribution in [3.63, 3.8) is 0 Å². The van der Waals surface area contributed by atoms with Crippen LogP contribution in [0.4, 0.5) is 24.5 Å². The van der Waals surface area contributed by atoms with Gasteiger partial charge >= 0.3 is 6.18 Å². The molecule has 0 aliphatic rings. The Bertz CT molecular complexity index is 810. The van der Waals surface area contributed by atoms with Gasteiger partial charge in [-0.1, -0.05) is 30.3 Å². The summed E-state index contributed by atoms with van der Waals surface area (Å²) in [6.45, 7) is 0.365. The third-order valence-corrected chi connectivity index (χ3v) is 3.86. The normalized spacial score (nSPS) is 11.1. The topological polar surface area (TPSA) is 75.5 Å². The summed E-state index contributed by atoms with van der Waals surface area (Å²) in [5.41, 5.74) is -1.14. The molecule has 2 rings (SSSR count). The molecule has 9 heteroatoms. The van der Waals surface area contributed by atoms with Crippen LogP contribution >= 0.6 is 0 Å². The molecule has 0 radical (unpaired) electrons. The second-order valence-corrected chi connectivity index (χ2v) is 5.90. The van der Waals surface area contributed by atoms with Gasteiger partial charge in [0.25, 0.3) is 5.69 Å². The summed E-state index contributed by atoms with van der Waals surface area (Å²) in [6, 6.07) is 11.8. The Kier molecular flexibility index (Phi) is 6.38. The van der Waals surface area contributed by atoms with E-state index in [9.17, 15) is 28.1 Å². The van der Waals surface area contributed by atoms with Gasteiger partial charge in [0.05, 0.1) is 10.5 Å². The lowest BCUT2D eigenvalue weighted by atomic mass is 10.1. The second-order valence-electron chi connectivity index (χ2n) is 5.90. The number of halogens is 3. The van der Waals surface area contributed by atoms with Gasteiger partial charge in [-0.3, -0.25) is 14.9 Å². The van der Waals surface area contributed by atoms with Crippen LogP contribution in [-0.4, -0.2) is 29.3 Å². The Balaban J connectivity index is 1.98. The molecule has 0 aliphatic carbocycles. The number of nitro groups is 1. The first-order chi connectivity index (χ1) is 12.7. The predicted octanol–water partition coefficient (Wildman–Crippen LogP) is 4.07. The van der Waals surface area contributed by atoms with Crippen LogP contribution in [0.2, 0.25) is 0 Å². The van der Waals surface area contributed by atoms with E-state index in [-0.39, 0.29) is 24.6 Å². The number of anilines is 1. The first-order valence-corrected chi connectivity index (χ1v) is 8.06. The number of nitro benzene ring substituents is 1. The van der Waals surface area contributed by atoms with E-state index >= 15 is 0 Å². The Morgan fingerprint density at radius 2 is 1.85 bits per heavy atom. The van der Waals surface area contributed by atoms with Crippen LogP contribution in [-0.2, 0) is 17.5 Å². The SMILES string of the molecule is CN(Cc1ccccc1)C(=O)CCNc1ccc([N+](=O)[O-])cc1C(F)(F)F. The molecule has 2 aromatic rings. The summed E-state index contributed by atoms with van der Waals surface area (Å²) in [6.07, 6.45) is -4.76. The van der Waals surface area contributed by atoms with Crippen molar-refractivity contribution < 1.29 is 22.9 Å². The molecule has 27 heavy (non-hydrogen) atoms. The molecule has 0 saturated carbocycles. The molecule has 0 bridgehead atoms. The molecule has 0 saturated heterocycles. The number of hydrogen-bond donors (Lipinski definition) is 1. The Morgan fingerprint density at radius 1 is 1.19 bits per heavy atom. The number of non-ortho nitro benzene ring substituents is 1. The minimum atomic E-state index is -4.75. The number of alkyl halides is 3. The van der Waals surface area contributed by atoms with Crippen LogP contribution in [0.5, 0.6) is 0 Å². The zero-order valence-corrected chi connectivity index (χ0v) is 14.5. The highest BCUT2D eigenvalue weighted by Gasteiger charge is 2.35. The van der Waals surface area contributed by atoms with Crippen molar-refractivity contribution >= 4 is 17.3 Å². The highest BCUT2D eigenvalue weighted by molar-refractivity contribution is 5.76. The maximum atomic E-state index is 13.1. The molecule has 2 aromatic carbocycles. The predicted molar refractivity (Wildman–Crippen MR) is 94.1 cm³/mol. The number of nitrogens with zero attached hydrogens (tertiary/aromatic N) is 2. The fourth-order valence-electron chi connectivity index (χ4n) is 2.47. The Hall–Kier alpha value is -3.10. The average Bonchev–Trinajstić information content (AvgIpc) is 2.61. The minimum absolute atomic E-state index is 0.0163. The van der Waals surface area contributed by atoms with Crippen LogP contribution in [0.1, 0.15) is 17.5 Å². The van der Waals surface area contributed by atoms with E-state index in [4.69, 9.17) is 0 Å². The van der Waals surface area contributed by atoms with Crippen LogP contribution in [0.25, 0.3) is 0 Å². The quantitative estimate of drug-likeness (QED) is 0.579. The molecule has 1 N–H and O–H groups in total. The number of hydrogen-bond acceptors (Lipinski definition) is 4. The molecule has 0 aromatic heterocycles. The van der Waals surface area contributed by atoms with Crippen LogP contribution in [0.3, 0.4) is 0 Å². The van der Waals surface area contributed by atoms with Gasteiger partial charge in [-0.05, 0) is 11.6 Å². The van der Waals surface area contributed by atoms with Crippen molar-refractivity contribution in [1.29, 1.82) is 0 Å². The van der Waals surface area contributed by atoms with E-state index < -0.39 is 22.4 Å². The molecule has 0 spiro atoms. The maximum absolute atomic E-state index is 13.1. The van der Waals surface area contributed by atoms with Crippen molar-refractivity contribution in [2.45, 2.75) is 19.1 Å². The fraction of sp³-hybridized carbons (Fsp3) is 0.278. The molecule has 0 heterocycles. The number of carbonyl (C=O) groups excluding carboxylic acids is 1. The first-order valence-electron chi connectivity index (χ1n) is 8.06. The molecule has 0 unspecified atom stereocenters. The summed E-state index contributed by atoms with van der Waals surface area (Å²) in [5, 5.41) is 13.2. The van der Waals surface area contributed by atoms with Gasteiger partial charge in [0.1, 0.15) is 0 Å². The highest BCUT2D eigenvalue weighted by Crippen LogP contribution is 2.37. The van der Waals surface area contributed by atoms with Gasteiger partial charge in [-0.25, -0.2) is 0 Å². The fourth-order valence-corrected chi connectivity index (χ4v) is 2.47. The van der Waals surface area contributed by atoms with Gasteiger partial charge in [0.15, 0.2) is 0 Å². The van der Waals surface area contributed by atoms with Crippen molar-refractivity contribution in [1.82, 2.24) is 4.90 Å². The molecular formula is C18H18F3N3O3. The zero-order valence-electron chi connectivity index (χ0n) is 14.5. The molecule has 144 valence electrons. The smallest absolute Gasteiger partial charge is 0.384 e. The lowest BCUT2D eigenvalue weighted by molar-refractivity contribution is -0.385. The number of benzene rings is 2. The van der Waals surface area contributed by atoms with Crippen molar-refractivity contribution in [2.24, 2.45) is 0 Å². The van der Waals surface area contributed by atoms with Gasteiger partial charge in [-0.15, -0.1) is 0 Å². The monoisotopic (exact) mass is 381 g/mol. The lowest BCUT2D eigenvalue weighted by Gasteiger charge is -2.18. The average molecular weight is 381 g/mol. The summed E-state index contributed by atoms with van der Waals surface area (Å²) in [7, 11) is 1.61. The van der Waals surface area contributed by atoms with E-state index in [1.807, 2.05) is 30.3 Å².